The molecule has 0 heterocycles. The third-order valence-corrected chi connectivity index (χ3v) is 0. The highest BCUT2D eigenvalue weighted by Crippen LogP contribution is 0.973. The van der Waals surface area contributed by atoms with Gasteiger partial charge < -0.3 is 9.90 Å². The van der Waals surface area contributed by atoms with E-state index in [0.29, 0.717) is 6.47 Å². The zero-order valence-corrected chi connectivity index (χ0v) is 2.51. The molecule has 0 aromatic heterocycles. The van der Waals surface area contributed by atoms with Crippen molar-refractivity contribution in [2.45, 2.75) is 0 Å². The second kappa shape index (κ2) is 127. The van der Waals surface area contributed by atoms with Gasteiger partial charge in [0, 0.05) is 0 Å². The molecule has 0 atom stereocenters. The molecule has 0 aliphatic heterocycles. The molecule has 0 bridgehead atoms. The van der Waals surface area contributed by atoms with E-state index >= 15 is 0 Å². The van der Waals surface area contributed by atoms with Crippen LogP contribution < -0.4 is 5.90 Å². The fraction of sp³-hybridized carbons (Fsp3) is 0. The minimum absolute atomic E-state index is 0.500. The Morgan fingerprint density at radius 2 is 1.60 bits per heavy atom. The van der Waals surface area contributed by atoms with Gasteiger partial charge in [-0.25, -0.2) is 11.1 Å². The second-order valence-corrected chi connectivity index (χ2v) is 0.0913. The van der Waals surface area contributed by atoms with E-state index in [-0.39, 0.29) is 0 Å². The first-order valence-electron chi connectivity index (χ1n) is 0.744. The Hall–Kier alpha value is -0.610. The molecule has 0 saturated heterocycles. The summed E-state index contributed by atoms with van der Waals surface area (Å²) in [5, 5.41) is 13.5. The molecule has 0 rings (SSSR count). The predicted molar refractivity (Wildman–Crippen MR) is 13.0 cm³/mol. The summed E-state index contributed by atoms with van der Waals surface area (Å²) in [6, 6.07) is 0. The van der Waals surface area contributed by atoms with Crippen molar-refractivity contribution in [3.8, 4) is 0 Å². The molecule has 32 valence electrons. The highest BCUT2D eigenvalue weighted by atomic mass is 16.4. The van der Waals surface area contributed by atoms with Crippen LogP contribution in [0.4, 0.5) is 0 Å². The quantitative estimate of drug-likeness (QED) is 0.237. The molecule has 0 unspecified atom stereocenters. The number of aliphatic hydroxyl groups excluding tert-OH is 1. The van der Waals surface area contributed by atoms with Crippen molar-refractivity contribution in [3.63, 3.8) is 0 Å². The van der Waals surface area contributed by atoms with Crippen LogP contribution in [0.2, 0.25) is 0 Å². The van der Waals surface area contributed by atoms with Crippen molar-refractivity contribution in [1.29, 1.82) is 0 Å². The summed E-state index contributed by atoms with van der Waals surface area (Å²) in [4.78, 5) is 8.24. The van der Waals surface area contributed by atoms with Crippen LogP contribution in [0.3, 0.4) is 0 Å². The maximum atomic E-state index is 8.24. The fourth-order valence-corrected chi connectivity index (χ4v) is 0. The average Bonchev–Trinajstić information content (AvgIpc) is 1.46. The molecule has 4 nitrogen and oxygen atoms in total. The third-order valence-electron chi connectivity index (χ3n) is 0. The molecule has 5 N–H and O–H groups in total. The molecule has 0 saturated carbocycles. The Morgan fingerprint density at radius 3 is 1.60 bits per heavy atom. The van der Waals surface area contributed by atoms with Crippen LogP contribution >= 0.6 is 0 Å². The van der Waals surface area contributed by atoms with Crippen LogP contribution in [0, 0.1) is 0 Å². The zero-order chi connectivity index (χ0) is 4.71. The number of rotatable bonds is 0. The first-order chi connectivity index (χ1) is 2.41. The SMILES string of the molecule is O=[C-]O.[NH3+]O. The Kier molecular flexibility index (Phi) is 225. The van der Waals surface area contributed by atoms with Crippen LogP contribution in [0.15, 0.2) is 0 Å². The fourth-order valence-electron chi connectivity index (χ4n) is 0. The second-order valence-electron chi connectivity index (χ2n) is 0.0913. The van der Waals surface area contributed by atoms with E-state index in [1.807, 2.05) is 0 Å². The molecule has 0 aromatic carbocycles. The molecule has 0 fully saturated rings. The van der Waals surface area contributed by atoms with Crippen LogP contribution in [-0.2, 0) is 4.79 Å². The molecular weight excluding hydrogens is 74.0 g/mol. The Bertz CT molecular complexity index is 14.4. The largest absolute Gasteiger partial charge is 0.665 e. The molecule has 0 radical (unpaired) electrons. The first-order valence-corrected chi connectivity index (χ1v) is 0.744. The Labute approximate surface area is 28.8 Å². The monoisotopic (exact) mass is 79.0 g/mol. The summed E-state index contributed by atoms with van der Waals surface area (Å²) < 4.78 is 0. The lowest BCUT2D eigenvalue weighted by molar-refractivity contribution is -0.670. The Balaban J connectivity index is 0. The lowest BCUT2D eigenvalue weighted by Gasteiger charge is -1.60. The minimum Gasteiger partial charge on any atom is -0.665 e. The van der Waals surface area contributed by atoms with E-state index in [4.69, 9.17) is 15.1 Å². The predicted octanol–water partition coefficient (Wildman–Crippen LogP) is -1.77. The maximum absolute atomic E-state index is 8.24. The maximum Gasteiger partial charge on any atom is -0.0744 e. The highest BCUT2D eigenvalue weighted by molar-refractivity contribution is 5.34. The lowest BCUT2D eigenvalue weighted by Crippen LogP contribution is -2.42. The van der Waals surface area contributed by atoms with Crippen molar-refractivity contribution in [1.82, 2.24) is 0 Å². The topological polar surface area (TPSA) is 85.2 Å². The summed E-state index contributed by atoms with van der Waals surface area (Å²) in [5.41, 5.74) is 0. The van der Waals surface area contributed by atoms with Crippen molar-refractivity contribution in [3.05, 3.63) is 0 Å². The van der Waals surface area contributed by atoms with Gasteiger partial charge in [0.1, 0.15) is 0 Å². The van der Waals surface area contributed by atoms with Gasteiger partial charge >= 0.3 is 0 Å². The molecule has 0 amide bonds. The number of hydrogen-bond donors (Lipinski definition) is 3. The van der Waals surface area contributed by atoms with E-state index in [1.54, 1.807) is 0 Å². The summed E-state index contributed by atoms with van der Waals surface area (Å²) in [5.74, 6) is 2.25. The van der Waals surface area contributed by atoms with Gasteiger partial charge in [0.25, 0.3) is 0 Å². The summed E-state index contributed by atoms with van der Waals surface area (Å²) in [6.07, 6.45) is 0. The van der Waals surface area contributed by atoms with Gasteiger partial charge in [-0.3, -0.25) is 0 Å². The molecule has 0 aliphatic rings. The van der Waals surface area contributed by atoms with E-state index in [0.717, 1.165) is 0 Å². The summed E-state index contributed by atoms with van der Waals surface area (Å²) in [6.45, 7) is 0.500. The smallest absolute Gasteiger partial charge is 0.0744 e. The minimum atomic E-state index is 0.500. The van der Waals surface area contributed by atoms with E-state index < -0.39 is 0 Å². The molecule has 5 heavy (non-hydrogen) atoms. The number of hydrogen-bond acceptors (Lipinski definition) is 2. The van der Waals surface area contributed by atoms with Gasteiger partial charge in [-0.1, -0.05) is 6.47 Å². The van der Waals surface area contributed by atoms with Crippen LogP contribution in [0.5, 0.6) is 0 Å². The van der Waals surface area contributed by atoms with Gasteiger partial charge in [-0.15, -0.1) is 0 Å². The van der Waals surface area contributed by atoms with Gasteiger partial charge in [0.15, 0.2) is 0 Å². The molecular formula is CH5NO3. The van der Waals surface area contributed by atoms with Gasteiger partial charge in [0.05, 0.1) is 0 Å². The molecule has 0 aromatic rings. The highest BCUT2D eigenvalue weighted by Gasteiger charge is 0.914. The van der Waals surface area contributed by atoms with Crippen molar-refractivity contribution >= 4 is 6.47 Å². The van der Waals surface area contributed by atoms with Crippen LogP contribution in [0.1, 0.15) is 0 Å². The van der Waals surface area contributed by atoms with Crippen molar-refractivity contribution in [2.75, 3.05) is 0 Å². The Morgan fingerprint density at radius 1 is 1.60 bits per heavy atom. The molecule has 0 spiro atoms. The van der Waals surface area contributed by atoms with Crippen molar-refractivity contribution < 1.29 is 21.0 Å². The summed E-state index contributed by atoms with van der Waals surface area (Å²) >= 11 is 0. The van der Waals surface area contributed by atoms with Gasteiger partial charge in [-0.2, -0.15) is 0 Å². The van der Waals surface area contributed by atoms with E-state index in [1.165, 1.54) is 0 Å². The van der Waals surface area contributed by atoms with Gasteiger partial charge in [0.2, 0.25) is 0 Å². The van der Waals surface area contributed by atoms with Crippen LogP contribution in [-0.4, -0.2) is 16.8 Å². The lowest BCUT2D eigenvalue weighted by atomic mass is 11.7. The third kappa shape index (κ3) is 17.6. The normalized spacial score (nSPS) is 3.60. The van der Waals surface area contributed by atoms with Gasteiger partial charge in [-0.05, 0) is 0 Å². The zero-order valence-electron chi connectivity index (χ0n) is 2.51. The van der Waals surface area contributed by atoms with Crippen molar-refractivity contribution in [2.24, 2.45) is 0 Å². The van der Waals surface area contributed by atoms with E-state index in [2.05, 4.69) is 5.90 Å². The molecule has 0 aliphatic carbocycles. The van der Waals surface area contributed by atoms with E-state index in [9.17, 15) is 0 Å². The first kappa shape index (κ1) is 8.83. The average molecular weight is 79.1 g/mol. The molecule has 4 heteroatoms. The standard InChI is InChI=1S/CHO2.H4NO/c2-1-3;1-2/h(H,2,3);2H,1H3/q-1;+1. The van der Waals surface area contributed by atoms with Crippen LogP contribution in [0.25, 0.3) is 0 Å². The number of quaternary nitrogens is 1. The summed E-state index contributed by atoms with van der Waals surface area (Å²) in [7, 11) is 0.